The number of hydrogen-bond donors (Lipinski definition) is 1. The molecule has 1 aromatic heterocycles. The van der Waals surface area contributed by atoms with Crippen molar-refractivity contribution in [1.82, 2.24) is 14.2 Å². The van der Waals surface area contributed by atoms with Gasteiger partial charge in [0.15, 0.2) is 16.6 Å². The van der Waals surface area contributed by atoms with Gasteiger partial charge in [-0.15, -0.1) is 11.3 Å². The number of nitrogens with one attached hydrogen (secondary N) is 1. The summed E-state index contributed by atoms with van der Waals surface area (Å²) in [5, 5.41) is 3.30. The Hall–Kier alpha value is -2.70. The lowest BCUT2D eigenvalue weighted by Crippen LogP contribution is -2.51. The van der Waals surface area contributed by atoms with Crippen molar-refractivity contribution in [2.75, 3.05) is 44.5 Å². The van der Waals surface area contributed by atoms with E-state index >= 15 is 0 Å². The molecule has 0 saturated carbocycles. The van der Waals surface area contributed by atoms with Crippen LogP contribution in [0, 0.1) is 0 Å². The summed E-state index contributed by atoms with van der Waals surface area (Å²) in [5.41, 5.74) is 1.16. The number of anilines is 1. The monoisotopic (exact) mass is 492 g/mol. The highest BCUT2D eigenvalue weighted by Gasteiger charge is 2.35. The van der Waals surface area contributed by atoms with Crippen molar-refractivity contribution in [1.29, 1.82) is 0 Å². The van der Waals surface area contributed by atoms with Crippen LogP contribution in [-0.4, -0.2) is 73.6 Å². The number of sulfonamides is 1. The van der Waals surface area contributed by atoms with E-state index in [1.807, 2.05) is 0 Å². The number of thiazole rings is 1. The first-order valence-corrected chi connectivity index (χ1v) is 13.4. The van der Waals surface area contributed by atoms with Crippen molar-refractivity contribution in [3.05, 3.63) is 34.3 Å². The highest BCUT2D eigenvalue weighted by Crippen LogP contribution is 2.38. The van der Waals surface area contributed by atoms with Crippen LogP contribution in [-0.2, 0) is 21.2 Å². The fourth-order valence-electron chi connectivity index (χ4n) is 4.38. The minimum atomic E-state index is -3.25. The Balaban J connectivity index is 1.28. The van der Waals surface area contributed by atoms with Gasteiger partial charge in [-0.3, -0.25) is 14.9 Å². The minimum Gasteiger partial charge on any atom is -0.454 e. The van der Waals surface area contributed by atoms with Gasteiger partial charge in [-0.05, 0) is 37.5 Å². The maximum atomic E-state index is 13.2. The Kier molecular flexibility index (Phi) is 5.75. The Bertz CT molecular complexity index is 1200. The Morgan fingerprint density at radius 1 is 1.15 bits per heavy atom. The Labute approximate surface area is 195 Å². The van der Waals surface area contributed by atoms with E-state index in [4.69, 9.17) is 9.47 Å². The molecule has 1 aliphatic carbocycles. The van der Waals surface area contributed by atoms with Gasteiger partial charge in [0.25, 0.3) is 5.91 Å². The van der Waals surface area contributed by atoms with Crippen molar-refractivity contribution in [3.63, 3.8) is 0 Å². The van der Waals surface area contributed by atoms with Crippen LogP contribution in [0.25, 0.3) is 0 Å². The average molecular weight is 493 g/mol. The quantitative estimate of drug-likeness (QED) is 0.689. The van der Waals surface area contributed by atoms with Crippen LogP contribution in [0.3, 0.4) is 0 Å². The summed E-state index contributed by atoms with van der Waals surface area (Å²) in [6.07, 6.45) is 3.56. The molecular formula is C21H24N4O6S2. The number of aromatic nitrogens is 1. The first-order valence-electron chi connectivity index (χ1n) is 10.7. The number of hydrogen-bond acceptors (Lipinski definition) is 8. The lowest BCUT2D eigenvalue weighted by Gasteiger charge is -2.35. The number of amides is 2. The second-order valence-electron chi connectivity index (χ2n) is 8.28. The highest BCUT2D eigenvalue weighted by molar-refractivity contribution is 7.88. The van der Waals surface area contributed by atoms with Crippen LogP contribution >= 0.6 is 11.3 Å². The first kappa shape index (κ1) is 22.1. The SMILES string of the molecule is CS(=O)(=O)N1CCN(C(=O)C2CCCc3sc(NC(=O)c4ccc5c(c4)OCO5)nc32)CC1. The molecule has 0 bridgehead atoms. The predicted molar refractivity (Wildman–Crippen MR) is 121 cm³/mol. The van der Waals surface area contributed by atoms with Gasteiger partial charge in [-0.2, -0.15) is 4.31 Å². The summed E-state index contributed by atoms with van der Waals surface area (Å²) < 4.78 is 35.5. The number of ether oxygens (including phenoxy) is 2. The van der Waals surface area contributed by atoms with Gasteiger partial charge in [0.05, 0.1) is 17.9 Å². The van der Waals surface area contributed by atoms with Gasteiger partial charge in [-0.1, -0.05) is 0 Å². The molecule has 33 heavy (non-hydrogen) atoms. The maximum Gasteiger partial charge on any atom is 0.257 e. The van der Waals surface area contributed by atoms with E-state index in [1.54, 1.807) is 23.1 Å². The molecule has 1 N–H and O–H groups in total. The zero-order valence-electron chi connectivity index (χ0n) is 18.1. The van der Waals surface area contributed by atoms with Gasteiger partial charge in [0, 0.05) is 36.6 Å². The van der Waals surface area contributed by atoms with Crippen LogP contribution in [0.15, 0.2) is 18.2 Å². The minimum absolute atomic E-state index is 0.0250. The van der Waals surface area contributed by atoms with E-state index in [1.165, 1.54) is 21.9 Å². The molecule has 10 nitrogen and oxygen atoms in total. The number of aryl methyl sites for hydroxylation is 1. The summed E-state index contributed by atoms with van der Waals surface area (Å²) in [6.45, 7) is 1.49. The van der Waals surface area contributed by atoms with E-state index in [-0.39, 0.29) is 24.5 Å². The van der Waals surface area contributed by atoms with Gasteiger partial charge < -0.3 is 14.4 Å². The lowest BCUT2D eigenvalue weighted by molar-refractivity contribution is -0.134. The highest BCUT2D eigenvalue weighted by atomic mass is 32.2. The molecule has 3 heterocycles. The van der Waals surface area contributed by atoms with Gasteiger partial charge in [0.2, 0.25) is 22.7 Å². The molecule has 2 aliphatic heterocycles. The third-order valence-corrected chi connectivity index (χ3v) is 8.48. The standard InChI is InChI=1S/C21H24N4O6S2/c1-33(28,29)25-9-7-24(8-10-25)20(27)14-3-2-4-17-18(14)22-21(32-17)23-19(26)13-5-6-15-16(11-13)31-12-30-15/h5-6,11,14H,2-4,7-10,12H2,1H3,(H,22,23,26). The van der Waals surface area contributed by atoms with Crippen molar-refractivity contribution < 1.29 is 27.5 Å². The molecule has 12 heteroatoms. The number of benzene rings is 1. The summed E-state index contributed by atoms with van der Waals surface area (Å²) in [6, 6.07) is 4.99. The molecule has 1 saturated heterocycles. The average Bonchev–Trinajstić information content (AvgIpc) is 3.43. The van der Waals surface area contributed by atoms with Crippen LogP contribution in [0.1, 0.15) is 39.7 Å². The molecule has 1 unspecified atom stereocenters. The zero-order valence-corrected chi connectivity index (χ0v) is 19.7. The number of nitrogens with zero attached hydrogens (tertiary/aromatic N) is 3. The third kappa shape index (κ3) is 4.42. The summed E-state index contributed by atoms with van der Waals surface area (Å²) >= 11 is 1.40. The molecule has 2 aromatic rings. The maximum absolute atomic E-state index is 13.2. The van der Waals surface area contributed by atoms with Crippen molar-refractivity contribution in [2.24, 2.45) is 0 Å². The first-order chi connectivity index (χ1) is 15.8. The third-order valence-electron chi connectivity index (χ3n) is 6.13. The molecule has 1 atom stereocenters. The fraction of sp³-hybridized carbons (Fsp3) is 0.476. The smallest absolute Gasteiger partial charge is 0.257 e. The molecule has 0 spiro atoms. The number of carbonyl (C=O) groups is 2. The molecule has 1 fully saturated rings. The molecule has 3 aliphatic rings. The van der Waals surface area contributed by atoms with E-state index in [9.17, 15) is 18.0 Å². The van der Waals surface area contributed by atoms with Gasteiger partial charge >= 0.3 is 0 Å². The molecule has 1 aromatic carbocycles. The zero-order chi connectivity index (χ0) is 23.2. The van der Waals surface area contributed by atoms with Crippen LogP contribution in [0.5, 0.6) is 11.5 Å². The Morgan fingerprint density at radius 2 is 1.91 bits per heavy atom. The fourth-order valence-corrected chi connectivity index (χ4v) is 6.27. The molecule has 0 radical (unpaired) electrons. The lowest BCUT2D eigenvalue weighted by atomic mass is 9.89. The Morgan fingerprint density at radius 3 is 2.67 bits per heavy atom. The van der Waals surface area contributed by atoms with Crippen molar-refractivity contribution in [3.8, 4) is 11.5 Å². The van der Waals surface area contributed by atoms with E-state index in [0.29, 0.717) is 54.8 Å². The number of piperazine rings is 1. The van der Waals surface area contributed by atoms with Crippen LogP contribution in [0.2, 0.25) is 0 Å². The summed E-state index contributed by atoms with van der Waals surface area (Å²) in [4.78, 5) is 33.3. The largest absolute Gasteiger partial charge is 0.454 e. The topological polar surface area (TPSA) is 118 Å². The van der Waals surface area contributed by atoms with Crippen LogP contribution < -0.4 is 14.8 Å². The van der Waals surface area contributed by atoms with Crippen molar-refractivity contribution >= 4 is 38.3 Å². The van der Waals surface area contributed by atoms with Gasteiger partial charge in [-0.25, -0.2) is 13.4 Å². The molecular weight excluding hydrogens is 468 g/mol. The summed E-state index contributed by atoms with van der Waals surface area (Å²) in [7, 11) is -3.25. The summed E-state index contributed by atoms with van der Waals surface area (Å²) in [5.74, 6) is 0.436. The molecule has 5 rings (SSSR count). The molecule has 176 valence electrons. The molecule has 2 amide bonds. The number of rotatable bonds is 4. The second-order valence-corrected chi connectivity index (χ2v) is 11.3. The normalized spacial score (nSPS) is 20.4. The van der Waals surface area contributed by atoms with Crippen LogP contribution in [0.4, 0.5) is 5.13 Å². The van der Waals surface area contributed by atoms with Crippen molar-refractivity contribution in [2.45, 2.75) is 25.2 Å². The second kappa shape index (κ2) is 8.58. The number of carbonyl (C=O) groups excluding carboxylic acids is 2. The predicted octanol–water partition coefficient (Wildman–Crippen LogP) is 1.65. The van der Waals surface area contributed by atoms with E-state index in [0.717, 1.165) is 23.4 Å². The number of fused-ring (bicyclic) bond motifs is 2. The van der Waals surface area contributed by atoms with E-state index < -0.39 is 10.0 Å². The van der Waals surface area contributed by atoms with E-state index in [2.05, 4.69) is 10.3 Å². The van der Waals surface area contributed by atoms with Gasteiger partial charge in [0.1, 0.15) is 0 Å².